The summed E-state index contributed by atoms with van der Waals surface area (Å²) in [4.78, 5) is 41.0. The molecule has 0 aliphatic heterocycles. The van der Waals surface area contributed by atoms with E-state index in [1.54, 1.807) is 6.07 Å². The van der Waals surface area contributed by atoms with Crippen molar-refractivity contribution >= 4 is 22.8 Å². The predicted molar refractivity (Wildman–Crippen MR) is 122 cm³/mol. The van der Waals surface area contributed by atoms with Crippen molar-refractivity contribution in [3.8, 4) is 11.5 Å². The maximum absolute atomic E-state index is 13.7. The molecule has 0 saturated heterocycles. The molecule has 0 aliphatic carbocycles. The van der Waals surface area contributed by atoms with E-state index in [4.69, 9.17) is 9.47 Å². The van der Waals surface area contributed by atoms with Crippen LogP contribution in [0, 0.1) is 5.82 Å². The van der Waals surface area contributed by atoms with Crippen molar-refractivity contribution < 1.29 is 28.6 Å². The number of carbonyl (C=O) groups excluding carboxylic acids is 2. The maximum atomic E-state index is 13.7. The molecule has 180 valence electrons. The summed E-state index contributed by atoms with van der Waals surface area (Å²) in [5.74, 6) is -1.93. The first-order valence-electron chi connectivity index (χ1n) is 10.4. The average molecular weight is 472 g/mol. The van der Waals surface area contributed by atoms with Crippen LogP contribution in [0.1, 0.15) is 21.5 Å². The quantitative estimate of drug-likeness (QED) is 0.394. The number of halogens is 1. The number of fused-ring (bicyclic) bond motifs is 1. The fourth-order valence-electron chi connectivity index (χ4n) is 3.33. The lowest BCUT2D eigenvalue weighted by Gasteiger charge is -2.14. The molecule has 2 amide bonds. The van der Waals surface area contributed by atoms with E-state index in [9.17, 15) is 23.9 Å². The molecule has 2 heterocycles. The number of benzene rings is 1. The second-order valence-corrected chi connectivity index (χ2v) is 7.44. The number of pyridine rings is 2. The number of methoxy groups -OCH3 is 1. The average Bonchev–Trinajstić information content (AvgIpc) is 2.82. The Kier molecular flexibility index (Phi) is 7.79. The van der Waals surface area contributed by atoms with Crippen LogP contribution in [0.4, 0.5) is 4.39 Å². The third kappa shape index (κ3) is 5.31. The zero-order valence-electron chi connectivity index (χ0n) is 19.0. The van der Waals surface area contributed by atoms with Gasteiger partial charge in [-0.1, -0.05) is 6.07 Å². The Morgan fingerprint density at radius 2 is 2.03 bits per heavy atom. The SMILES string of the molecule is CNC(=O)COc1cc(F)ccc1Cc1cnc2c(O)c(C(=O)NCCOC)c(=O)n(C)c2c1. The summed E-state index contributed by atoms with van der Waals surface area (Å²) in [6.07, 6.45) is 1.73. The van der Waals surface area contributed by atoms with Crippen molar-refractivity contribution in [3.63, 3.8) is 0 Å². The Morgan fingerprint density at radius 3 is 2.74 bits per heavy atom. The van der Waals surface area contributed by atoms with Crippen LogP contribution in [0.2, 0.25) is 0 Å². The molecule has 10 nitrogen and oxygen atoms in total. The summed E-state index contributed by atoms with van der Waals surface area (Å²) in [5.41, 5.74) is 0.525. The van der Waals surface area contributed by atoms with Gasteiger partial charge in [0.05, 0.1) is 12.1 Å². The third-order valence-electron chi connectivity index (χ3n) is 5.15. The van der Waals surface area contributed by atoms with Gasteiger partial charge in [0.2, 0.25) is 0 Å². The minimum Gasteiger partial charge on any atom is -0.505 e. The summed E-state index contributed by atoms with van der Waals surface area (Å²) in [6, 6.07) is 5.63. The number of aromatic nitrogens is 2. The highest BCUT2D eigenvalue weighted by Crippen LogP contribution is 2.27. The molecule has 34 heavy (non-hydrogen) atoms. The minimum absolute atomic E-state index is 0.0814. The molecule has 0 fully saturated rings. The normalized spacial score (nSPS) is 10.8. The van der Waals surface area contributed by atoms with Crippen molar-refractivity contribution in [2.24, 2.45) is 7.05 Å². The van der Waals surface area contributed by atoms with E-state index < -0.39 is 28.6 Å². The van der Waals surface area contributed by atoms with E-state index in [0.717, 1.165) is 0 Å². The summed E-state index contributed by atoms with van der Waals surface area (Å²) in [6.45, 7) is 0.144. The van der Waals surface area contributed by atoms with E-state index >= 15 is 0 Å². The van der Waals surface area contributed by atoms with Gasteiger partial charge in [0.15, 0.2) is 12.4 Å². The van der Waals surface area contributed by atoms with Crippen LogP contribution in [0.5, 0.6) is 11.5 Å². The van der Waals surface area contributed by atoms with Crippen LogP contribution in [-0.4, -0.2) is 60.4 Å². The van der Waals surface area contributed by atoms with Gasteiger partial charge >= 0.3 is 0 Å². The van der Waals surface area contributed by atoms with Crippen molar-refractivity contribution in [1.82, 2.24) is 20.2 Å². The number of aryl methyl sites for hydroxylation is 1. The molecule has 2 aromatic heterocycles. The zero-order valence-corrected chi connectivity index (χ0v) is 19.0. The van der Waals surface area contributed by atoms with Crippen LogP contribution in [0.15, 0.2) is 35.3 Å². The van der Waals surface area contributed by atoms with Gasteiger partial charge in [0.25, 0.3) is 17.4 Å². The Balaban J connectivity index is 1.96. The van der Waals surface area contributed by atoms with Gasteiger partial charge in [-0.25, -0.2) is 4.39 Å². The van der Waals surface area contributed by atoms with Crippen LogP contribution in [-0.2, 0) is 23.0 Å². The van der Waals surface area contributed by atoms with E-state index in [1.165, 1.54) is 50.2 Å². The number of amides is 2. The minimum atomic E-state index is -0.729. The van der Waals surface area contributed by atoms with Gasteiger partial charge in [-0.3, -0.25) is 19.4 Å². The van der Waals surface area contributed by atoms with Crippen molar-refractivity contribution in [2.45, 2.75) is 6.42 Å². The molecule has 0 aliphatic rings. The van der Waals surface area contributed by atoms with Crippen LogP contribution < -0.4 is 20.9 Å². The molecule has 3 aromatic rings. The van der Waals surface area contributed by atoms with E-state index in [1.807, 2.05) is 0 Å². The Morgan fingerprint density at radius 1 is 1.26 bits per heavy atom. The lowest BCUT2D eigenvalue weighted by Crippen LogP contribution is -2.34. The number of ether oxygens (including phenoxy) is 2. The predicted octanol–water partition coefficient (Wildman–Crippen LogP) is 0.870. The Bertz CT molecular complexity index is 1290. The molecule has 0 radical (unpaired) electrons. The van der Waals surface area contributed by atoms with Gasteiger partial charge < -0.3 is 29.8 Å². The molecular weight excluding hydrogens is 447 g/mol. The van der Waals surface area contributed by atoms with Gasteiger partial charge in [-0.15, -0.1) is 0 Å². The number of hydrogen-bond acceptors (Lipinski definition) is 7. The van der Waals surface area contributed by atoms with Crippen LogP contribution >= 0.6 is 0 Å². The molecule has 11 heteroatoms. The van der Waals surface area contributed by atoms with Gasteiger partial charge in [-0.05, 0) is 23.3 Å². The maximum Gasteiger partial charge on any atom is 0.267 e. The number of nitrogens with zero attached hydrogens (tertiary/aromatic N) is 2. The molecule has 0 bridgehead atoms. The number of rotatable bonds is 9. The molecular formula is C23H25FN4O6. The van der Waals surface area contributed by atoms with Crippen LogP contribution in [0.3, 0.4) is 0 Å². The molecule has 1 aromatic carbocycles. The van der Waals surface area contributed by atoms with Crippen molar-refractivity contribution in [3.05, 3.63) is 63.3 Å². The van der Waals surface area contributed by atoms with Crippen molar-refractivity contribution in [1.29, 1.82) is 0 Å². The number of aromatic hydroxyl groups is 1. The zero-order chi connectivity index (χ0) is 24.8. The van der Waals surface area contributed by atoms with Gasteiger partial charge in [-0.2, -0.15) is 0 Å². The van der Waals surface area contributed by atoms with E-state index in [2.05, 4.69) is 15.6 Å². The largest absolute Gasteiger partial charge is 0.505 e. The third-order valence-corrected chi connectivity index (χ3v) is 5.15. The van der Waals surface area contributed by atoms with Crippen LogP contribution in [0.25, 0.3) is 11.0 Å². The number of hydrogen-bond donors (Lipinski definition) is 3. The topological polar surface area (TPSA) is 132 Å². The van der Waals surface area contributed by atoms with Gasteiger partial charge in [0.1, 0.15) is 22.6 Å². The number of carbonyl (C=O) groups is 2. The standard InChI is InChI=1S/C23H25FN4O6/c1-25-18(29)12-34-17-10-15(24)5-4-14(17)8-13-9-16-20(27-11-13)21(30)19(23(32)28(16)2)22(31)26-6-7-33-3/h4-5,9-11,30H,6-8,12H2,1-3H3,(H,25,29)(H,26,31). The first kappa shape index (κ1) is 24.6. The lowest BCUT2D eigenvalue weighted by molar-refractivity contribution is -0.122. The summed E-state index contributed by atoms with van der Waals surface area (Å²) in [7, 11) is 4.41. The molecule has 3 rings (SSSR count). The molecule has 0 unspecified atom stereocenters. The molecule has 0 spiro atoms. The van der Waals surface area contributed by atoms with E-state index in [-0.39, 0.29) is 43.4 Å². The first-order chi connectivity index (χ1) is 16.3. The first-order valence-corrected chi connectivity index (χ1v) is 10.4. The fourth-order valence-corrected chi connectivity index (χ4v) is 3.33. The second kappa shape index (κ2) is 10.8. The molecule has 0 atom stereocenters. The molecule has 0 saturated carbocycles. The van der Waals surface area contributed by atoms with Gasteiger partial charge in [0, 0.05) is 46.4 Å². The highest BCUT2D eigenvalue weighted by atomic mass is 19.1. The van der Waals surface area contributed by atoms with E-state index in [0.29, 0.717) is 16.6 Å². The number of likely N-dealkylation sites (N-methyl/N-ethyl adjacent to an activating group) is 1. The highest BCUT2D eigenvalue weighted by Gasteiger charge is 2.22. The number of nitrogens with one attached hydrogen (secondary N) is 2. The summed E-state index contributed by atoms with van der Waals surface area (Å²) < 4.78 is 25.3. The summed E-state index contributed by atoms with van der Waals surface area (Å²) in [5, 5.41) is 15.6. The summed E-state index contributed by atoms with van der Waals surface area (Å²) >= 11 is 0. The second-order valence-electron chi connectivity index (χ2n) is 7.44. The monoisotopic (exact) mass is 472 g/mol. The van der Waals surface area contributed by atoms with Crippen molar-refractivity contribution in [2.75, 3.05) is 33.9 Å². The fraction of sp³-hybridized carbons (Fsp3) is 0.304. The highest BCUT2D eigenvalue weighted by molar-refractivity contribution is 6.01. The lowest BCUT2D eigenvalue weighted by atomic mass is 10.0. The smallest absolute Gasteiger partial charge is 0.267 e. The molecule has 3 N–H and O–H groups in total. The Hall–Kier alpha value is -3.99. The Labute approximate surface area is 194 Å².